The fourth-order valence-corrected chi connectivity index (χ4v) is 1.32. The summed E-state index contributed by atoms with van der Waals surface area (Å²) in [5, 5.41) is 15.8. The number of aromatic nitrogens is 2. The van der Waals surface area contributed by atoms with E-state index in [0.717, 1.165) is 0 Å². The van der Waals surface area contributed by atoms with E-state index in [9.17, 15) is 19.2 Å². The van der Waals surface area contributed by atoms with Crippen LogP contribution in [0, 0.1) is 22.7 Å². The van der Waals surface area contributed by atoms with E-state index in [1.54, 1.807) is 6.07 Å². The Hall–Kier alpha value is -3.49. The highest BCUT2D eigenvalue weighted by atomic mass is 35.5. The molecule has 0 spiro atoms. The van der Waals surface area contributed by atoms with E-state index in [2.05, 4.69) is 4.98 Å². The minimum Gasteiger partial charge on any atom is -0.328 e. The fraction of sp³-hybridized carbons (Fsp3) is 0.125. The van der Waals surface area contributed by atoms with Gasteiger partial charge < -0.3 is 9.55 Å². The van der Waals surface area contributed by atoms with Crippen LogP contribution in [0.25, 0.3) is 0 Å². The van der Waals surface area contributed by atoms with Gasteiger partial charge in [-0.3, -0.25) is 19.2 Å². The van der Waals surface area contributed by atoms with Crippen LogP contribution in [-0.2, 0) is 6.54 Å². The number of aldehydes is 2. The number of halogens is 1. The molecule has 0 unspecified atom stereocenters. The predicted molar refractivity (Wildman–Crippen MR) is 90.5 cm³/mol. The Labute approximate surface area is 147 Å². The standard InChI is InChI=1S/C8H6N2O2.C6H5NO2.C2H2ClN/c9-3-4-10-5-7(6-11)1-2-8(10)12;8-4-5-1-2-6(9)7-3-5;3-1-2-4/h1-2,5-6H,4H2;1-4H,(H,7,9);1H2. The van der Waals surface area contributed by atoms with Gasteiger partial charge in [-0.1, -0.05) is 0 Å². The summed E-state index contributed by atoms with van der Waals surface area (Å²) < 4.78 is 1.18. The number of carbonyl (C=O) groups excluding carboxylic acids is 2. The summed E-state index contributed by atoms with van der Waals surface area (Å²) >= 11 is 4.82. The van der Waals surface area contributed by atoms with Crippen LogP contribution in [0.15, 0.2) is 46.2 Å². The molecule has 9 heteroatoms. The third kappa shape index (κ3) is 9.29. The monoisotopic (exact) mass is 360 g/mol. The number of aromatic amines is 1. The first-order valence-electron chi connectivity index (χ1n) is 6.61. The van der Waals surface area contributed by atoms with Crippen LogP contribution < -0.4 is 11.1 Å². The second-order valence-electron chi connectivity index (χ2n) is 4.10. The van der Waals surface area contributed by atoms with Gasteiger partial charge in [0.25, 0.3) is 5.56 Å². The van der Waals surface area contributed by atoms with Gasteiger partial charge in [0.1, 0.15) is 12.4 Å². The van der Waals surface area contributed by atoms with Crippen molar-refractivity contribution in [2.75, 3.05) is 5.88 Å². The summed E-state index contributed by atoms with van der Waals surface area (Å²) in [6.07, 6.45) is 4.04. The Bertz CT molecular complexity index is 870. The molecule has 0 aliphatic heterocycles. The van der Waals surface area contributed by atoms with E-state index >= 15 is 0 Å². The molecular formula is C16H13ClN4O4. The van der Waals surface area contributed by atoms with Crippen LogP contribution >= 0.6 is 11.6 Å². The summed E-state index contributed by atoms with van der Waals surface area (Å²) in [7, 11) is 0. The van der Waals surface area contributed by atoms with E-state index in [1.807, 2.05) is 6.07 Å². The number of carbonyl (C=O) groups is 2. The SMILES string of the molecule is N#CCCl.N#CCn1cc(C=O)ccc1=O.O=Cc1ccc(=O)[nH]c1. The zero-order valence-electron chi connectivity index (χ0n) is 12.9. The number of hydrogen-bond acceptors (Lipinski definition) is 6. The van der Waals surface area contributed by atoms with Gasteiger partial charge in [0.15, 0.2) is 12.6 Å². The highest BCUT2D eigenvalue weighted by Crippen LogP contribution is 1.90. The van der Waals surface area contributed by atoms with Gasteiger partial charge in [0.2, 0.25) is 5.56 Å². The van der Waals surface area contributed by atoms with Crippen LogP contribution in [0.3, 0.4) is 0 Å². The lowest BCUT2D eigenvalue weighted by Crippen LogP contribution is -2.18. The second kappa shape index (κ2) is 13.0. The first-order valence-corrected chi connectivity index (χ1v) is 7.15. The fourth-order valence-electron chi connectivity index (χ4n) is 1.32. The van der Waals surface area contributed by atoms with E-state index < -0.39 is 0 Å². The summed E-state index contributed by atoms with van der Waals surface area (Å²) in [6, 6.07) is 8.98. The Kier molecular flexibility index (Phi) is 11.2. The third-order valence-corrected chi connectivity index (χ3v) is 2.51. The summed E-state index contributed by atoms with van der Waals surface area (Å²) in [4.78, 5) is 44.0. The molecule has 0 bridgehead atoms. The van der Waals surface area contributed by atoms with Gasteiger partial charge >= 0.3 is 0 Å². The molecule has 128 valence electrons. The summed E-state index contributed by atoms with van der Waals surface area (Å²) in [6.45, 7) is -0.0273. The molecule has 0 saturated heterocycles. The molecule has 0 aromatic carbocycles. The zero-order valence-corrected chi connectivity index (χ0v) is 13.6. The first kappa shape index (κ1) is 21.5. The van der Waals surface area contributed by atoms with Crippen molar-refractivity contribution < 1.29 is 9.59 Å². The predicted octanol–water partition coefficient (Wildman–Crippen LogP) is 1.12. The van der Waals surface area contributed by atoms with Crippen LogP contribution in [-0.4, -0.2) is 28.0 Å². The van der Waals surface area contributed by atoms with Crippen molar-refractivity contribution in [1.29, 1.82) is 10.5 Å². The third-order valence-electron chi connectivity index (χ3n) is 2.39. The lowest BCUT2D eigenvalue weighted by atomic mass is 10.3. The Morgan fingerprint density at radius 3 is 2.08 bits per heavy atom. The number of H-pyrrole nitrogens is 1. The maximum absolute atomic E-state index is 11.0. The highest BCUT2D eigenvalue weighted by Gasteiger charge is 1.95. The largest absolute Gasteiger partial charge is 0.328 e. The minimum absolute atomic E-state index is 0.0273. The van der Waals surface area contributed by atoms with Crippen molar-refractivity contribution in [3.63, 3.8) is 0 Å². The lowest BCUT2D eigenvalue weighted by molar-refractivity contribution is 0.111. The number of rotatable bonds is 3. The van der Waals surface area contributed by atoms with Crippen molar-refractivity contribution in [2.45, 2.75) is 6.54 Å². The Morgan fingerprint density at radius 2 is 1.64 bits per heavy atom. The maximum Gasteiger partial charge on any atom is 0.251 e. The van der Waals surface area contributed by atoms with Crippen LogP contribution in [0.4, 0.5) is 0 Å². The molecule has 2 aromatic rings. The van der Waals surface area contributed by atoms with E-state index in [4.69, 9.17) is 22.1 Å². The quantitative estimate of drug-likeness (QED) is 0.643. The molecule has 8 nitrogen and oxygen atoms in total. The van der Waals surface area contributed by atoms with Gasteiger partial charge in [0, 0.05) is 35.7 Å². The molecule has 0 saturated carbocycles. The average Bonchev–Trinajstić information content (AvgIpc) is 2.65. The van der Waals surface area contributed by atoms with Crippen molar-refractivity contribution >= 4 is 24.2 Å². The van der Waals surface area contributed by atoms with Crippen molar-refractivity contribution in [1.82, 2.24) is 9.55 Å². The summed E-state index contributed by atoms with van der Waals surface area (Å²) in [5.74, 6) is 0.0972. The van der Waals surface area contributed by atoms with Gasteiger partial charge in [-0.25, -0.2) is 0 Å². The summed E-state index contributed by atoms with van der Waals surface area (Å²) in [5.41, 5.74) is 0.405. The molecule has 0 atom stereocenters. The van der Waals surface area contributed by atoms with Gasteiger partial charge in [-0.05, 0) is 12.1 Å². The lowest BCUT2D eigenvalue weighted by Gasteiger charge is -1.98. The highest BCUT2D eigenvalue weighted by molar-refractivity contribution is 6.19. The number of hydrogen-bond donors (Lipinski definition) is 1. The normalized spacial score (nSPS) is 8.28. The van der Waals surface area contributed by atoms with Crippen molar-refractivity contribution in [3.05, 3.63) is 68.5 Å². The molecular weight excluding hydrogens is 348 g/mol. The van der Waals surface area contributed by atoms with Crippen molar-refractivity contribution in [2.24, 2.45) is 0 Å². The molecule has 0 radical (unpaired) electrons. The van der Waals surface area contributed by atoms with Crippen LogP contribution in [0.2, 0.25) is 0 Å². The van der Waals surface area contributed by atoms with E-state index in [0.29, 0.717) is 23.7 Å². The molecule has 2 rings (SSSR count). The van der Waals surface area contributed by atoms with Gasteiger partial charge in [-0.2, -0.15) is 10.5 Å². The molecule has 0 aliphatic carbocycles. The number of nitrogens with zero attached hydrogens (tertiary/aromatic N) is 3. The number of nitrogens with one attached hydrogen (secondary N) is 1. The Morgan fingerprint density at radius 1 is 1.04 bits per heavy atom. The van der Waals surface area contributed by atoms with Gasteiger partial charge in [0.05, 0.1) is 12.1 Å². The van der Waals surface area contributed by atoms with Crippen LogP contribution in [0.5, 0.6) is 0 Å². The smallest absolute Gasteiger partial charge is 0.251 e. The molecule has 1 N–H and O–H groups in total. The molecule has 0 amide bonds. The van der Waals surface area contributed by atoms with E-state index in [-0.39, 0.29) is 23.5 Å². The number of pyridine rings is 2. The molecule has 0 aliphatic rings. The van der Waals surface area contributed by atoms with Crippen molar-refractivity contribution in [3.8, 4) is 12.1 Å². The van der Waals surface area contributed by atoms with Gasteiger partial charge in [-0.15, -0.1) is 11.6 Å². The zero-order chi connectivity index (χ0) is 19.1. The average molecular weight is 361 g/mol. The molecule has 2 aromatic heterocycles. The second-order valence-corrected chi connectivity index (χ2v) is 4.37. The maximum atomic E-state index is 11.0. The number of alkyl halides is 1. The van der Waals surface area contributed by atoms with Crippen LogP contribution in [0.1, 0.15) is 20.7 Å². The number of nitriles is 2. The first-order chi connectivity index (χ1) is 12.0. The van der Waals surface area contributed by atoms with E-state index in [1.165, 1.54) is 41.2 Å². The molecule has 2 heterocycles. The minimum atomic E-state index is -0.276. The topological polar surface area (TPSA) is 137 Å². The molecule has 0 fully saturated rings. The Balaban J connectivity index is 0.000000391. The molecule has 25 heavy (non-hydrogen) atoms.